The van der Waals surface area contributed by atoms with Crippen LogP contribution in [0.2, 0.25) is 0 Å². The van der Waals surface area contributed by atoms with Crippen molar-refractivity contribution in [3.63, 3.8) is 0 Å². The molecule has 0 spiro atoms. The van der Waals surface area contributed by atoms with Crippen molar-refractivity contribution in [3.8, 4) is 11.8 Å². The molecule has 1 aromatic carbocycles. The molecule has 0 aliphatic heterocycles. The number of nitrogens with zero attached hydrogens (tertiary/aromatic N) is 2. The van der Waals surface area contributed by atoms with Gasteiger partial charge in [-0.25, -0.2) is 4.79 Å². The molecule has 1 saturated carbocycles. The Bertz CT molecular complexity index is 627. The first-order valence-corrected chi connectivity index (χ1v) is 8.01. The topological polar surface area (TPSA) is 79.6 Å². The maximum atomic E-state index is 12.4. The molecular formula is C18H22N2O4. The average Bonchev–Trinajstić information content (AvgIpc) is 2.65. The van der Waals surface area contributed by atoms with Crippen LogP contribution in [0.4, 0.5) is 0 Å². The largest absolute Gasteiger partial charge is 0.484 e. The predicted octanol–water partition coefficient (Wildman–Crippen LogP) is 2.54. The molecule has 24 heavy (non-hydrogen) atoms. The monoisotopic (exact) mass is 330 g/mol. The van der Waals surface area contributed by atoms with E-state index in [0.717, 1.165) is 19.3 Å². The number of hydrogen-bond acceptors (Lipinski definition) is 5. The molecule has 0 radical (unpaired) electrons. The molecule has 1 aliphatic rings. The second-order valence-electron chi connectivity index (χ2n) is 5.96. The SMILES string of the molecule is COC(=O)c1ccc(OCC(=O)N(C)C2(C#N)CCCCC2)cc1. The van der Waals surface area contributed by atoms with Gasteiger partial charge in [-0.15, -0.1) is 0 Å². The minimum Gasteiger partial charge on any atom is -0.484 e. The fraction of sp³-hybridized carbons (Fsp3) is 0.500. The van der Waals surface area contributed by atoms with Crippen molar-refractivity contribution in [1.82, 2.24) is 4.90 Å². The minimum absolute atomic E-state index is 0.141. The lowest BCUT2D eigenvalue weighted by Gasteiger charge is -2.38. The van der Waals surface area contributed by atoms with Crippen LogP contribution in [0.1, 0.15) is 42.5 Å². The Morgan fingerprint density at radius 3 is 2.38 bits per heavy atom. The van der Waals surface area contributed by atoms with E-state index in [1.165, 1.54) is 12.0 Å². The zero-order valence-electron chi connectivity index (χ0n) is 14.1. The van der Waals surface area contributed by atoms with Crippen molar-refractivity contribution in [2.24, 2.45) is 0 Å². The molecule has 6 nitrogen and oxygen atoms in total. The molecule has 0 unspecified atom stereocenters. The third-order valence-corrected chi connectivity index (χ3v) is 4.54. The number of benzene rings is 1. The maximum absolute atomic E-state index is 12.4. The van der Waals surface area contributed by atoms with Gasteiger partial charge in [0.2, 0.25) is 0 Å². The Morgan fingerprint density at radius 2 is 1.83 bits per heavy atom. The van der Waals surface area contributed by atoms with Crippen LogP contribution in [0, 0.1) is 11.3 Å². The van der Waals surface area contributed by atoms with Crippen LogP contribution >= 0.6 is 0 Å². The van der Waals surface area contributed by atoms with Gasteiger partial charge < -0.3 is 14.4 Å². The van der Waals surface area contributed by atoms with E-state index in [1.807, 2.05) is 0 Å². The number of rotatable bonds is 5. The summed E-state index contributed by atoms with van der Waals surface area (Å²) in [7, 11) is 2.98. The first-order chi connectivity index (χ1) is 11.5. The van der Waals surface area contributed by atoms with Gasteiger partial charge in [0.15, 0.2) is 6.61 Å². The zero-order valence-corrected chi connectivity index (χ0v) is 14.1. The van der Waals surface area contributed by atoms with Gasteiger partial charge in [0.1, 0.15) is 11.3 Å². The van der Waals surface area contributed by atoms with Crippen LogP contribution in [-0.2, 0) is 9.53 Å². The molecular weight excluding hydrogens is 308 g/mol. The molecule has 0 bridgehead atoms. The number of carbonyl (C=O) groups excluding carboxylic acids is 2. The summed E-state index contributed by atoms with van der Waals surface area (Å²) >= 11 is 0. The molecule has 1 aliphatic carbocycles. The van der Waals surface area contributed by atoms with Crippen molar-refractivity contribution in [3.05, 3.63) is 29.8 Å². The highest BCUT2D eigenvalue weighted by atomic mass is 16.5. The second kappa shape index (κ2) is 7.82. The fourth-order valence-electron chi connectivity index (χ4n) is 2.94. The number of methoxy groups -OCH3 is 1. The highest BCUT2D eigenvalue weighted by Crippen LogP contribution is 2.32. The van der Waals surface area contributed by atoms with Crippen LogP contribution in [0.5, 0.6) is 5.75 Å². The van der Waals surface area contributed by atoms with Crippen molar-refractivity contribution in [2.75, 3.05) is 20.8 Å². The van der Waals surface area contributed by atoms with E-state index in [2.05, 4.69) is 10.8 Å². The Balaban J connectivity index is 1.95. The Labute approximate surface area is 142 Å². The Morgan fingerprint density at radius 1 is 1.21 bits per heavy atom. The van der Waals surface area contributed by atoms with Crippen LogP contribution in [0.25, 0.3) is 0 Å². The summed E-state index contributed by atoms with van der Waals surface area (Å²) in [4.78, 5) is 25.3. The summed E-state index contributed by atoms with van der Waals surface area (Å²) in [5.41, 5.74) is -0.299. The summed E-state index contributed by atoms with van der Waals surface area (Å²) in [6.45, 7) is -0.141. The van der Waals surface area contributed by atoms with Crippen molar-refractivity contribution in [2.45, 2.75) is 37.6 Å². The molecule has 0 heterocycles. The normalized spacial score (nSPS) is 15.9. The van der Waals surface area contributed by atoms with Gasteiger partial charge in [-0.1, -0.05) is 19.3 Å². The molecule has 0 saturated heterocycles. The van der Waals surface area contributed by atoms with E-state index in [4.69, 9.17) is 4.74 Å². The molecule has 0 N–H and O–H groups in total. The van der Waals surface area contributed by atoms with E-state index in [9.17, 15) is 14.9 Å². The quantitative estimate of drug-likeness (QED) is 0.775. The Hall–Kier alpha value is -2.55. The van der Waals surface area contributed by atoms with Crippen molar-refractivity contribution in [1.29, 1.82) is 5.26 Å². The lowest BCUT2D eigenvalue weighted by Crippen LogP contribution is -2.51. The van der Waals surface area contributed by atoms with Crippen molar-refractivity contribution < 1.29 is 19.1 Å². The maximum Gasteiger partial charge on any atom is 0.337 e. The summed E-state index contributed by atoms with van der Waals surface area (Å²) in [5, 5.41) is 9.52. The van der Waals surface area contributed by atoms with E-state index in [1.54, 1.807) is 31.3 Å². The lowest BCUT2D eigenvalue weighted by molar-refractivity contribution is -0.137. The van der Waals surface area contributed by atoms with Crippen LogP contribution < -0.4 is 4.74 Å². The molecule has 1 aromatic rings. The number of hydrogen-bond donors (Lipinski definition) is 0. The zero-order chi connectivity index (χ0) is 17.6. The van der Waals surface area contributed by atoms with Gasteiger partial charge in [-0.3, -0.25) is 4.79 Å². The third kappa shape index (κ3) is 3.85. The van der Waals surface area contributed by atoms with Gasteiger partial charge in [0, 0.05) is 7.05 Å². The highest BCUT2D eigenvalue weighted by molar-refractivity contribution is 5.89. The van der Waals surface area contributed by atoms with Gasteiger partial charge in [-0.05, 0) is 37.1 Å². The van der Waals surface area contributed by atoms with Crippen LogP contribution in [-0.4, -0.2) is 43.1 Å². The van der Waals surface area contributed by atoms with Gasteiger partial charge in [0.05, 0.1) is 18.7 Å². The average molecular weight is 330 g/mol. The van der Waals surface area contributed by atoms with Crippen LogP contribution in [0.3, 0.4) is 0 Å². The third-order valence-electron chi connectivity index (χ3n) is 4.54. The van der Waals surface area contributed by atoms with E-state index < -0.39 is 11.5 Å². The number of ether oxygens (including phenoxy) is 2. The van der Waals surface area contributed by atoms with Gasteiger partial charge >= 0.3 is 5.97 Å². The molecule has 1 amide bonds. The summed E-state index contributed by atoms with van der Waals surface area (Å²) in [6, 6.07) is 8.70. The van der Waals surface area contributed by atoms with Crippen LogP contribution in [0.15, 0.2) is 24.3 Å². The van der Waals surface area contributed by atoms with E-state index >= 15 is 0 Å². The molecule has 2 rings (SSSR count). The van der Waals surface area contributed by atoms with E-state index in [-0.39, 0.29) is 12.5 Å². The summed E-state index contributed by atoms with van der Waals surface area (Å²) in [5.74, 6) is -0.167. The summed E-state index contributed by atoms with van der Waals surface area (Å²) in [6.07, 6.45) is 4.44. The lowest BCUT2D eigenvalue weighted by atomic mass is 9.81. The Kier molecular flexibility index (Phi) is 5.80. The second-order valence-corrected chi connectivity index (χ2v) is 5.96. The number of amides is 1. The van der Waals surface area contributed by atoms with Gasteiger partial charge in [0.25, 0.3) is 5.91 Å². The molecule has 1 fully saturated rings. The fourth-order valence-corrected chi connectivity index (χ4v) is 2.94. The smallest absolute Gasteiger partial charge is 0.337 e. The molecule has 0 atom stereocenters. The predicted molar refractivity (Wildman–Crippen MR) is 87.5 cm³/mol. The minimum atomic E-state index is -0.715. The number of likely N-dealkylation sites (N-methyl/N-ethyl adjacent to an activating group) is 1. The number of esters is 1. The summed E-state index contributed by atoms with van der Waals surface area (Å²) < 4.78 is 10.1. The molecule has 128 valence electrons. The number of carbonyl (C=O) groups is 2. The molecule has 0 aromatic heterocycles. The first kappa shape index (κ1) is 17.8. The highest BCUT2D eigenvalue weighted by Gasteiger charge is 2.38. The van der Waals surface area contributed by atoms with Crippen molar-refractivity contribution >= 4 is 11.9 Å². The van der Waals surface area contributed by atoms with E-state index in [0.29, 0.717) is 24.2 Å². The first-order valence-electron chi connectivity index (χ1n) is 8.01. The van der Waals surface area contributed by atoms with Gasteiger partial charge in [-0.2, -0.15) is 5.26 Å². The molecule has 6 heteroatoms. The standard InChI is InChI=1S/C18H22N2O4/c1-20(18(13-19)10-4-3-5-11-18)16(21)12-24-15-8-6-14(7-9-15)17(22)23-2/h6-9H,3-5,10-12H2,1-2H3. The number of nitriles is 1.